The predicted octanol–water partition coefficient (Wildman–Crippen LogP) is 2.77. The minimum Gasteiger partial charge on any atom is -0.472 e. The van der Waals surface area contributed by atoms with Crippen molar-refractivity contribution in [2.75, 3.05) is 25.5 Å². The van der Waals surface area contributed by atoms with Crippen molar-refractivity contribution in [2.24, 2.45) is 0 Å². The van der Waals surface area contributed by atoms with Crippen LogP contribution in [0, 0.1) is 6.92 Å². The van der Waals surface area contributed by atoms with E-state index >= 15 is 0 Å². The number of rotatable bonds is 6. The van der Waals surface area contributed by atoms with Crippen LogP contribution >= 0.6 is 0 Å². The molecule has 1 atom stereocenters. The summed E-state index contributed by atoms with van der Waals surface area (Å²) in [5.74, 6) is 1.75. The van der Waals surface area contributed by atoms with Gasteiger partial charge in [0.1, 0.15) is 23.8 Å². The van der Waals surface area contributed by atoms with E-state index in [2.05, 4.69) is 32.4 Å². The minimum absolute atomic E-state index is 0.220. The summed E-state index contributed by atoms with van der Waals surface area (Å²) in [6, 6.07) is 12.0. The molecule has 2 aromatic heterocycles. The van der Waals surface area contributed by atoms with Crippen LogP contribution in [0.1, 0.15) is 11.4 Å². The lowest BCUT2D eigenvalue weighted by Gasteiger charge is -2.13. The number of ether oxygens (including phenoxy) is 2. The Morgan fingerprint density at radius 3 is 2.82 bits per heavy atom. The van der Waals surface area contributed by atoms with Gasteiger partial charge in [0.05, 0.1) is 6.54 Å². The summed E-state index contributed by atoms with van der Waals surface area (Å²) in [6.45, 7) is 3.19. The maximum Gasteiger partial charge on any atom is 0.410 e. The number of pyridine rings is 1. The number of carbonyl (C=O) groups is 1. The molecule has 1 aliphatic heterocycles. The van der Waals surface area contributed by atoms with E-state index in [9.17, 15) is 4.79 Å². The fraction of sp³-hybridized carbons (Fsp3) is 0.300. The van der Waals surface area contributed by atoms with Gasteiger partial charge in [-0.25, -0.2) is 19.7 Å². The first-order valence-corrected chi connectivity index (χ1v) is 9.06. The van der Waals surface area contributed by atoms with E-state index < -0.39 is 0 Å². The topological polar surface area (TPSA) is 89.5 Å². The van der Waals surface area contributed by atoms with Gasteiger partial charge < -0.3 is 19.7 Å². The molecule has 1 saturated heterocycles. The standard InChI is InChI=1S/C20H21N5O3/c1-13-23-17-16(18(24-13)22-10-14-6-4-3-5-7-14)8-9-21-19(17)27-12-15-11-25(2)20(26)28-15/h3-9,15H,10-12H2,1-2H3,(H,22,23,24). The molecule has 1 N–H and O–H groups in total. The quantitative estimate of drug-likeness (QED) is 0.704. The minimum atomic E-state index is -0.343. The summed E-state index contributed by atoms with van der Waals surface area (Å²) in [5, 5.41) is 4.20. The summed E-state index contributed by atoms with van der Waals surface area (Å²) in [5.41, 5.74) is 1.79. The van der Waals surface area contributed by atoms with Gasteiger partial charge in [-0.3, -0.25) is 0 Å². The molecule has 28 heavy (non-hydrogen) atoms. The molecule has 0 saturated carbocycles. The zero-order chi connectivity index (χ0) is 19.5. The van der Waals surface area contributed by atoms with Gasteiger partial charge in [-0.05, 0) is 18.6 Å². The number of likely N-dealkylation sites (N-methyl/N-ethyl adjacent to an activating group) is 1. The first-order chi connectivity index (χ1) is 13.6. The molecule has 0 radical (unpaired) electrons. The molecule has 1 unspecified atom stereocenters. The fourth-order valence-corrected chi connectivity index (χ4v) is 3.07. The highest BCUT2D eigenvalue weighted by molar-refractivity contribution is 5.91. The van der Waals surface area contributed by atoms with Crippen molar-refractivity contribution in [3.8, 4) is 5.88 Å². The molecule has 1 aliphatic rings. The number of benzene rings is 1. The third-order valence-corrected chi connectivity index (χ3v) is 4.46. The normalized spacial score (nSPS) is 16.3. The van der Waals surface area contributed by atoms with Gasteiger partial charge >= 0.3 is 6.09 Å². The molecule has 8 heteroatoms. The Kier molecular flexibility index (Phi) is 4.92. The predicted molar refractivity (Wildman–Crippen MR) is 104 cm³/mol. The molecule has 0 aliphatic carbocycles. The monoisotopic (exact) mass is 379 g/mol. The molecule has 0 spiro atoms. The van der Waals surface area contributed by atoms with Crippen LogP contribution in [0.2, 0.25) is 0 Å². The van der Waals surface area contributed by atoms with E-state index in [1.165, 1.54) is 4.90 Å². The van der Waals surface area contributed by atoms with Gasteiger partial charge in [0.25, 0.3) is 0 Å². The van der Waals surface area contributed by atoms with Gasteiger partial charge in [0, 0.05) is 25.2 Å². The number of aryl methyl sites for hydroxylation is 1. The van der Waals surface area contributed by atoms with E-state index in [4.69, 9.17) is 9.47 Å². The van der Waals surface area contributed by atoms with Gasteiger partial charge in [0.15, 0.2) is 6.10 Å². The maximum absolute atomic E-state index is 11.5. The van der Waals surface area contributed by atoms with Crippen molar-refractivity contribution in [1.82, 2.24) is 19.9 Å². The Balaban J connectivity index is 1.55. The number of hydrogen-bond donors (Lipinski definition) is 1. The van der Waals surface area contributed by atoms with Crippen LogP contribution < -0.4 is 10.1 Å². The van der Waals surface area contributed by atoms with Gasteiger partial charge in [-0.1, -0.05) is 30.3 Å². The maximum atomic E-state index is 11.5. The van der Waals surface area contributed by atoms with Gasteiger partial charge in [0.2, 0.25) is 5.88 Å². The largest absolute Gasteiger partial charge is 0.472 e. The lowest BCUT2D eigenvalue weighted by molar-refractivity contribution is 0.102. The Morgan fingerprint density at radius 2 is 2.07 bits per heavy atom. The smallest absolute Gasteiger partial charge is 0.410 e. The van der Waals surface area contributed by atoms with E-state index in [1.807, 2.05) is 31.2 Å². The third kappa shape index (κ3) is 3.80. The molecular formula is C20H21N5O3. The third-order valence-electron chi connectivity index (χ3n) is 4.46. The van der Waals surface area contributed by atoms with Gasteiger partial charge in [-0.15, -0.1) is 0 Å². The second-order valence-electron chi connectivity index (χ2n) is 6.67. The first-order valence-electron chi connectivity index (χ1n) is 9.06. The average Bonchev–Trinajstić information content (AvgIpc) is 3.03. The summed E-state index contributed by atoms with van der Waals surface area (Å²) < 4.78 is 11.1. The van der Waals surface area contributed by atoms with Crippen molar-refractivity contribution in [3.63, 3.8) is 0 Å². The lowest BCUT2D eigenvalue weighted by Crippen LogP contribution is -2.23. The van der Waals surface area contributed by atoms with Crippen molar-refractivity contribution < 1.29 is 14.3 Å². The fourth-order valence-electron chi connectivity index (χ4n) is 3.07. The Labute approximate surface area is 162 Å². The van der Waals surface area contributed by atoms with Crippen LogP contribution in [0.3, 0.4) is 0 Å². The highest BCUT2D eigenvalue weighted by atomic mass is 16.6. The number of carbonyl (C=O) groups excluding carboxylic acids is 1. The van der Waals surface area contributed by atoms with Crippen LogP contribution in [0.4, 0.5) is 10.6 Å². The number of cyclic esters (lactones) is 1. The van der Waals surface area contributed by atoms with Crippen LogP contribution in [-0.2, 0) is 11.3 Å². The molecule has 0 bridgehead atoms. The number of hydrogen-bond acceptors (Lipinski definition) is 7. The Hall–Kier alpha value is -3.42. The SMILES string of the molecule is Cc1nc(NCc2ccccc2)c2ccnc(OCC3CN(C)C(=O)O3)c2n1. The van der Waals surface area contributed by atoms with E-state index in [1.54, 1.807) is 13.2 Å². The highest BCUT2D eigenvalue weighted by Gasteiger charge is 2.29. The van der Waals surface area contributed by atoms with Crippen LogP contribution in [-0.4, -0.2) is 52.2 Å². The number of amides is 1. The average molecular weight is 379 g/mol. The molecule has 144 valence electrons. The molecular weight excluding hydrogens is 358 g/mol. The summed E-state index contributed by atoms with van der Waals surface area (Å²) >= 11 is 0. The van der Waals surface area contributed by atoms with Crippen LogP contribution in [0.15, 0.2) is 42.6 Å². The molecule has 1 aromatic carbocycles. The Bertz CT molecular complexity index is 996. The summed E-state index contributed by atoms with van der Waals surface area (Å²) in [6.07, 6.45) is 0.995. The number of fused-ring (bicyclic) bond motifs is 1. The lowest BCUT2D eigenvalue weighted by atomic mass is 10.2. The van der Waals surface area contributed by atoms with Crippen molar-refractivity contribution in [2.45, 2.75) is 19.6 Å². The molecule has 1 amide bonds. The number of nitrogens with zero attached hydrogens (tertiary/aromatic N) is 4. The van der Waals surface area contributed by atoms with Gasteiger partial charge in [-0.2, -0.15) is 0 Å². The number of anilines is 1. The summed E-state index contributed by atoms with van der Waals surface area (Å²) in [7, 11) is 1.69. The van der Waals surface area contributed by atoms with Crippen molar-refractivity contribution in [1.29, 1.82) is 0 Å². The molecule has 3 heterocycles. The molecule has 3 aromatic rings. The first kappa shape index (κ1) is 18.0. The zero-order valence-corrected chi connectivity index (χ0v) is 15.8. The molecule has 8 nitrogen and oxygen atoms in total. The van der Waals surface area contributed by atoms with Crippen molar-refractivity contribution >= 4 is 22.8 Å². The Morgan fingerprint density at radius 1 is 1.25 bits per heavy atom. The number of aromatic nitrogens is 3. The molecule has 4 rings (SSSR count). The summed E-state index contributed by atoms with van der Waals surface area (Å²) in [4.78, 5) is 26.4. The van der Waals surface area contributed by atoms with Crippen molar-refractivity contribution in [3.05, 3.63) is 54.0 Å². The number of nitrogens with one attached hydrogen (secondary N) is 1. The van der Waals surface area contributed by atoms with E-state index in [0.717, 1.165) is 16.8 Å². The van der Waals surface area contributed by atoms with E-state index in [-0.39, 0.29) is 18.8 Å². The molecule has 1 fully saturated rings. The van der Waals surface area contributed by atoms with Crippen LogP contribution in [0.5, 0.6) is 5.88 Å². The van der Waals surface area contributed by atoms with Crippen LogP contribution in [0.25, 0.3) is 10.9 Å². The zero-order valence-electron chi connectivity index (χ0n) is 15.8. The highest BCUT2D eigenvalue weighted by Crippen LogP contribution is 2.27. The van der Waals surface area contributed by atoms with E-state index in [0.29, 0.717) is 30.3 Å². The second kappa shape index (κ2) is 7.67. The second-order valence-corrected chi connectivity index (χ2v) is 6.67.